The van der Waals surface area contributed by atoms with E-state index in [2.05, 4.69) is 48.3 Å². The molecule has 1 heterocycles. The van der Waals surface area contributed by atoms with E-state index in [0.717, 1.165) is 37.9 Å². The van der Waals surface area contributed by atoms with Crippen molar-refractivity contribution in [2.24, 2.45) is 10.4 Å². The molecule has 1 fully saturated rings. The minimum absolute atomic E-state index is 0. The van der Waals surface area contributed by atoms with Gasteiger partial charge in [0, 0.05) is 32.2 Å². The number of halogens is 1. The normalized spacial score (nSPS) is 16.9. The Morgan fingerprint density at radius 1 is 1.30 bits per heavy atom. The summed E-state index contributed by atoms with van der Waals surface area (Å²) in [7, 11) is 1.80. The molecule has 1 aliphatic rings. The van der Waals surface area contributed by atoms with Gasteiger partial charge < -0.3 is 19.8 Å². The second-order valence-electron chi connectivity index (χ2n) is 8.30. The molecule has 0 amide bonds. The molecule has 2 N–H and O–H groups in total. The van der Waals surface area contributed by atoms with Gasteiger partial charge in [-0.1, -0.05) is 33.6 Å². The Balaban J connectivity index is 0.00000364. The molecular formula is C20H37IN4O2. The molecule has 0 aliphatic heterocycles. The second-order valence-corrected chi connectivity index (χ2v) is 8.30. The van der Waals surface area contributed by atoms with Gasteiger partial charge in [-0.2, -0.15) is 0 Å². The van der Waals surface area contributed by atoms with Gasteiger partial charge in [0.1, 0.15) is 5.76 Å². The molecule has 27 heavy (non-hydrogen) atoms. The highest BCUT2D eigenvalue weighted by Gasteiger charge is 2.33. The van der Waals surface area contributed by atoms with E-state index in [9.17, 15) is 0 Å². The smallest absolute Gasteiger partial charge is 0.213 e. The first-order chi connectivity index (χ1) is 12.4. The van der Waals surface area contributed by atoms with E-state index < -0.39 is 0 Å². The lowest BCUT2D eigenvalue weighted by atomic mass is 9.83. The van der Waals surface area contributed by atoms with Crippen molar-refractivity contribution >= 4 is 29.9 Å². The quantitative estimate of drug-likeness (QED) is 0.246. The summed E-state index contributed by atoms with van der Waals surface area (Å²) in [6.07, 6.45) is 8.07. The van der Waals surface area contributed by atoms with Gasteiger partial charge in [0.15, 0.2) is 5.96 Å². The first kappa shape index (κ1) is 24.2. The molecule has 0 aromatic carbocycles. The average Bonchev–Trinajstić information content (AvgIpc) is 3.25. The number of guanidine groups is 1. The van der Waals surface area contributed by atoms with Gasteiger partial charge in [0.05, 0.1) is 12.7 Å². The molecule has 1 saturated carbocycles. The highest BCUT2D eigenvalue weighted by Crippen LogP contribution is 2.40. The number of nitrogens with zero attached hydrogens (tertiary/aromatic N) is 2. The van der Waals surface area contributed by atoms with Crippen LogP contribution in [0.4, 0.5) is 0 Å². The minimum atomic E-state index is -0.0272. The van der Waals surface area contributed by atoms with Crippen molar-refractivity contribution in [3.63, 3.8) is 0 Å². The van der Waals surface area contributed by atoms with Crippen LogP contribution >= 0.6 is 24.0 Å². The molecule has 0 bridgehead atoms. The van der Waals surface area contributed by atoms with Gasteiger partial charge in [-0.25, -0.2) is 4.98 Å². The van der Waals surface area contributed by atoms with Crippen LogP contribution in [0.1, 0.15) is 71.5 Å². The summed E-state index contributed by atoms with van der Waals surface area (Å²) in [4.78, 5) is 8.70. The third-order valence-corrected chi connectivity index (χ3v) is 5.20. The molecule has 0 unspecified atom stereocenters. The van der Waals surface area contributed by atoms with Crippen LogP contribution in [-0.4, -0.2) is 37.7 Å². The SMILES string of the molecule is CCOCCC1(CNC(=NC)NCc2ncc(C(C)(C)C)o2)CCCC1.I. The predicted octanol–water partition coefficient (Wildman–Crippen LogP) is 4.24. The highest BCUT2D eigenvalue weighted by molar-refractivity contribution is 14.0. The van der Waals surface area contributed by atoms with Crippen LogP contribution in [0, 0.1) is 5.41 Å². The Bertz CT molecular complexity index is 575. The fourth-order valence-electron chi connectivity index (χ4n) is 3.46. The van der Waals surface area contributed by atoms with Crippen molar-refractivity contribution < 1.29 is 9.15 Å². The Morgan fingerprint density at radius 3 is 2.56 bits per heavy atom. The van der Waals surface area contributed by atoms with Gasteiger partial charge in [0.25, 0.3) is 0 Å². The van der Waals surface area contributed by atoms with Crippen molar-refractivity contribution in [1.82, 2.24) is 15.6 Å². The number of oxazole rings is 1. The minimum Gasteiger partial charge on any atom is -0.443 e. The van der Waals surface area contributed by atoms with Gasteiger partial charge in [-0.05, 0) is 31.6 Å². The van der Waals surface area contributed by atoms with E-state index >= 15 is 0 Å². The number of hydrogen-bond acceptors (Lipinski definition) is 4. The summed E-state index contributed by atoms with van der Waals surface area (Å²) in [6, 6.07) is 0. The third kappa shape index (κ3) is 7.60. The Kier molecular flexibility index (Phi) is 10.1. The number of aromatic nitrogens is 1. The largest absolute Gasteiger partial charge is 0.443 e. The van der Waals surface area contributed by atoms with Crippen LogP contribution in [0.2, 0.25) is 0 Å². The van der Waals surface area contributed by atoms with Crippen molar-refractivity contribution in [1.29, 1.82) is 0 Å². The molecule has 1 aromatic rings. The van der Waals surface area contributed by atoms with Crippen LogP contribution in [0.3, 0.4) is 0 Å². The van der Waals surface area contributed by atoms with Crippen LogP contribution in [-0.2, 0) is 16.7 Å². The van der Waals surface area contributed by atoms with Crippen LogP contribution in [0.25, 0.3) is 0 Å². The van der Waals surface area contributed by atoms with E-state index in [1.165, 1.54) is 25.7 Å². The highest BCUT2D eigenvalue weighted by atomic mass is 127. The first-order valence-electron chi connectivity index (χ1n) is 9.86. The first-order valence-corrected chi connectivity index (χ1v) is 9.86. The maximum absolute atomic E-state index is 5.83. The monoisotopic (exact) mass is 492 g/mol. The molecule has 1 aromatic heterocycles. The summed E-state index contributed by atoms with van der Waals surface area (Å²) in [6.45, 7) is 11.5. The topological polar surface area (TPSA) is 71.7 Å². The second kappa shape index (κ2) is 11.2. The van der Waals surface area contributed by atoms with Gasteiger partial charge in [-0.3, -0.25) is 4.99 Å². The van der Waals surface area contributed by atoms with Gasteiger partial charge >= 0.3 is 0 Å². The number of hydrogen-bond donors (Lipinski definition) is 2. The fraction of sp³-hybridized carbons (Fsp3) is 0.800. The standard InChI is InChI=1S/C20H36N4O2.HI/c1-6-25-12-11-20(9-7-8-10-20)15-24-18(21-5)23-14-17-22-13-16(26-17)19(2,3)4;/h13H,6-12,14-15H2,1-5H3,(H2,21,23,24);1H. The number of nitrogens with one attached hydrogen (secondary N) is 2. The maximum Gasteiger partial charge on any atom is 0.213 e. The predicted molar refractivity (Wildman–Crippen MR) is 121 cm³/mol. The zero-order valence-electron chi connectivity index (χ0n) is 17.6. The maximum atomic E-state index is 5.83. The summed E-state index contributed by atoms with van der Waals surface area (Å²) in [5, 5.41) is 6.81. The third-order valence-electron chi connectivity index (χ3n) is 5.20. The summed E-state index contributed by atoms with van der Waals surface area (Å²) >= 11 is 0. The lowest BCUT2D eigenvalue weighted by Gasteiger charge is -2.30. The molecule has 1 aliphatic carbocycles. The Hall–Kier alpha value is -0.830. The number of ether oxygens (including phenoxy) is 1. The van der Waals surface area contributed by atoms with E-state index in [4.69, 9.17) is 9.15 Å². The van der Waals surface area contributed by atoms with Crippen molar-refractivity contribution in [2.45, 2.75) is 71.8 Å². The molecule has 156 valence electrons. The molecule has 6 nitrogen and oxygen atoms in total. The number of rotatable bonds is 8. The van der Waals surface area contributed by atoms with Crippen LogP contribution in [0.5, 0.6) is 0 Å². The molecule has 0 saturated heterocycles. The van der Waals surface area contributed by atoms with Gasteiger partial charge in [0.2, 0.25) is 5.89 Å². The fourth-order valence-corrected chi connectivity index (χ4v) is 3.46. The summed E-state index contributed by atoms with van der Waals surface area (Å²) < 4.78 is 11.4. The Morgan fingerprint density at radius 2 is 2.00 bits per heavy atom. The van der Waals surface area contributed by atoms with Crippen molar-refractivity contribution in [3.8, 4) is 0 Å². The molecule has 7 heteroatoms. The van der Waals surface area contributed by atoms with E-state index in [0.29, 0.717) is 17.9 Å². The van der Waals surface area contributed by atoms with Crippen molar-refractivity contribution in [3.05, 3.63) is 17.8 Å². The lowest BCUT2D eigenvalue weighted by Crippen LogP contribution is -2.43. The van der Waals surface area contributed by atoms with E-state index in [1.54, 1.807) is 7.05 Å². The van der Waals surface area contributed by atoms with E-state index in [1.807, 2.05) is 6.20 Å². The summed E-state index contributed by atoms with van der Waals surface area (Å²) in [5.74, 6) is 2.38. The van der Waals surface area contributed by atoms with Crippen molar-refractivity contribution in [2.75, 3.05) is 26.8 Å². The molecule has 0 spiro atoms. The van der Waals surface area contributed by atoms with E-state index in [-0.39, 0.29) is 29.4 Å². The zero-order valence-corrected chi connectivity index (χ0v) is 19.9. The molecular weight excluding hydrogens is 455 g/mol. The van der Waals surface area contributed by atoms with Crippen LogP contribution < -0.4 is 10.6 Å². The molecule has 2 rings (SSSR count). The molecule has 0 atom stereocenters. The molecule has 0 radical (unpaired) electrons. The summed E-state index contributed by atoms with van der Waals surface area (Å²) in [5.41, 5.74) is 0.301. The van der Waals surface area contributed by atoms with Gasteiger partial charge in [-0.15, -0.1) is 24.0 Å². The van der Waals surface area contributed by atoms with Crippen LogP contribution in [0.15, 0.2) is 15.6 Å². The number of aliphatic imine (C=N–C) groups is 1. The lowest BCUT2D eigenvalue weighted by molar-refractivity contribution is 0.105. The Labute approximate surface area is 181 Å². The average molecular weight is 492 g/mol. The zero-order chi connectivity index (χ0) is 19.0.